The maximum atomic E-state index is 12.9. The van der Waals surface area contributed by atoms with E-state index in [4.69, 9.17) is 9.47 Å². The highest BCUT2D eigenvalue weighted by Gasteiger charge is 2.31. The first kappa shape index (κ1) is 17.1. The van der Waals surface area contributed by atoms with Crippen molar-refractivity contribution in [3.8, 4) is 17.2 Å². The van der Waals surface area contributed by atoms with Gasteiger partial charge in [0.05, 0.1) is 11.7 Å². The molecule has 0 bridgehead atoms. The largest absolute Gasteiger partial charge is 0.485 e. The van der Waals surface area contributed by atoms with Crippen LogP contribution >= 0.6 is 0 Å². The molecule has 0 unspecified atom stereocenters. The number of fused-ring (bicyclic) bond motifs is 1. The number of ether oxygens (including phenoxy) is 2. The third kappa shape index (κ3) is 3.36. The van der Waals surface area contributed by atoms with Crippen molar-refractivity contribution in [2.75, 3.05) is 13.7 Å². The van der Waals surface area contributed by atoms with Gasteiger partial charge in [-0.15, -0.1) is 0 Å². The molecule has 4 rings (SSSR count). The zero-order valence-electron chi connectivity index (χ0n) is 15.1. The molecule has 7 heteroatoms. The number of rotatable bonds is 4. The Morgan fingerprint density at radius 2 is 1.93 bits per heavy atom. The fraction of sp³-hybridized carbons (Fsp3) is 0.250. The Labute approximate surface area is 157 Å². The van der Waals surface area contributed by atoms with Crippen LogP contribution in [0.5, 0.6) is 11.5 Å². The average molecular weight is 364 g/mol. The van der Waals surface area contributed by atoms with Crippen LogP contribution in [0.1, 0.15) is 18.5 Å². The van der Waals surface area contributed by atoms with Crippen molar-refractivity contribution >= 4 is 5.91 Å². The van der Waals surface area contributed by atoms with Crippen LogP contribution in [0, 0.1) is 0 Å². The lowest BCUT2D eigenvalue weighted by atomic mass is 10.1. The summed E-state index contributed by atoms with van der Waals surface area (Å²) in [5.41, 5.74) is 1.94. The highest BCUT2D eigenvalue weighted by Crippen LogP contribution is 2.32. The molecule has 27 heavy (non-hydrogen) atoms. The van der Waals surface area contributed by atoms with E-state index in [1.807, 2.05) is 49.4 Å². The number of nitrogens with zero attached hydrogens (tertiary/aromatic N) is 4. The predicted molar refractivity (Wildman–Crippen MR) is 98.9 cm³/mol. The Morgan fingerprint density at radius 1 is 1.19 bits per heavy atom. The lowest BCUT2D eigenvalue weighted by Gasteiger charge is -2.32. The molecule has 0 fully saturated rings. The summed E-state index contributed by atoms with van der Waals surface area (Å²) in [5, 5.41) is 4.11. The number of para-hydroxylation sites is 2. The number of amides is 1. The summed E-state index contributed by atoms with van der Waals surface area (Å²) in [4.78, 5) is 18.5. The molecule has 138 valence electrons. The number of carbonyl (C=O) groups excluding carboxylic acids is 1. The van der Waals surface area contributed by atoms with Gasteiger partial charge in [0.15, 0.2) is 11.5 Å². The third-order valence-corrected chi connectivity index (χ3v) is 4.77. The van der Waals surface area contributed by atoms with Crippen LogP contribution in [0.4, 0.5) is 0 Å². The molecule has 1 aromatic heterocycles. The van der Waals surface area contributed by atoms with Crippen LogP contribution in [0.25, 0.3) is 5.69 Å². The number of benzene rings is 2. The standard InChI is InChI=1S/C20H20N4O3/c1-14(15-7-9-16(10-8-15)24-13-21-12-22-24)23(2)20(25)19-11-26-17-5-3-4-6-18(17)27-19/h3-10,12-14,19H,11H2,1-2H3/t14-,19+/m0/s1. The molecule has 0 saturated carbocycles. The van der Waals surface area contributed by atoms with Gasteiger partial charge in [-0.1, -0.05) is 24.3 Å². The molecule has 2 aromatic carbocycles. The SMILES string of the molecule is C[C@@H](c1ccc(-n2cncn2)cc1)N(C)C(=O)[C@H]1COc2ccccc2O1. The van der Waals surface area contributed by atoms with Gasteiger partial charge < -0.3 is 14.4 Å². The second-order valence-corrected chi connectivity index (χ2v) is 6.42. The van der Waals surface area contributed by atoms with Crippen LogP contribution in [-0.2, 0) is 4.79 Å². The topological polar surface area (TPSA) is 69.5 Å². The number of likely N-dealkylation sites (N-methyl/N-ethyl adjacent to an activating group) is 1. The van der Waals surface area contributed by atoms with Crippen molar-refractivity contribution in [3.63, 3.8) is 0 Å². The molecule has 0 aliphatic carbocycles. The summed E-state index contributed by atoms with van der Waals surface area (Å²) in [6, 6.07) is 15.1. The molecule has 1 aliphatic heterocycles. The van der Waals surface area contributed by atoms with Crippen molar-refractivity contribution in [2.45, 2.75) is 19.1 Å². The van der Waals surface area contributed by atoms with E-state index in [9.17, 15) is 4.79 Å². The van der Waals surface area contributed by atoms with Gasteiger partial charge in [-0.2, -0.15) is 5.10 Å². The summed E-state index contributed by atoms with van der Waals surface area (Å²) >= 11 is 0. The lowest BCUT2D eigenvalue weighted by Crippen LogP contribution is -2.45. The summed E-state index contributed by atoms with van der Waals surface area (Å²) in [7, 11) is 1.78. The van der Waals surface area contributed by atoms with Crippen molar-refractivity contribution in [3.05, 3.63) is 66.7 Å². The fourth-order valence-corrected chi connectivity index (χ4v) is 3.03. The Morgan fingerprint density at radius 3 is 2.63 bits per heavy atom. The predicted octanol–water partition coefficient (Wildman–Crippen LogP) is 2.63. The minimum absolute atomic E-state index is 0.108. The molecule has 0 saturated heterocycles. The van der Waals surface area contributed by atoms with Crippen LogP contribution in [0.3, 0.4) is 0 Å². The third-order valence-electron chi connectivity index (χ3n) is 4.77. The van der Waals surface area contributed by atoms with Gasteiger partial charge in [0, 0.05) is 7.05 Å². The van der Waals surface area contributed by atoms with E-state index >= 15 is 0 Å². The van der Waals surface area contributed by atoms with Crippen molar-refractivity contribution in [1.82, 2.24) is 19.7 Å². The van der Waals surface area contributed by atoms with Gasteiger partial charge in [0.2, 0.25) is 6.10 Å². The van der Waals surface area contributed by atoms with E-state index in [-0.39, 0.29) is 18.6 Å². The summed E-state index contributed by atoms with van der Waals surface area (Å²) in [6.45, 7) is 2.19. The smallest absolute Gasteiger partial charge is 0.267 e. The summed E-state index contributed by atoms with van der Waals surface area (Å²) in [6.07, 6.45) is 2.49. The Kier molecular flexibility index (Phi) is 4.50. The molecular weight excluding hydrogens is 344 g/mol. The van der Waals surface area contributed by atoms with Crippen LogP contribution in [0.2, 0.25) is 0 Å². The van der Waals surface area contributed by atoms with Crippen molar-refractivity contribution < 1.29 is 14.3 Å². The van der Waals surface area contributed by atoms with Crippen molar-refractivity contribution in [1.29, 1.82) is 0 Å². The quantitative estimate of drug-likeness (QED) is 0.712. The molecule has 2 atom stereocenters. The first-order valence-electron chi connectivity index (χ1n) is 8.73. The molecule has 7 nitrogen and oxygen atoms in total. The normalized spacial score (nSPS) is 16.6. The minimum atomic E-state index is -0.651. The van der Waals surface area contributed by atoms with Gasteiger partial charge in [0.25, 0.3) is 5.91 Å². The molecule has 1 aliphatic rings. The Bertz CT molecular complexity index is 925. The van der Waals surface area contributed by atoms with E-state index in [1.54, 1.807) is 29.0 Å². The number of carbonyl (C=O) groups is 1. The maximum Gasteiger partial charge on any atom is 0.267 e. The number of aromatic nitrogens is 3. The van der Waals surface area contributed by atoms with E-state index in [0.717, 1.165) is 11.3 Å². The highest BCUT2D eigenvalue weighted by atomic mass is 16.6. The average Bonchev–Trinajstić information content (AvgIpc) is 3.27. The Hall–Kier alpha value is -3.35. The number of hydrogen-bond acceptors (Lipinski definition) is 5. The zero-order chi connectivity index (χ0) is 18.8. The first-order valence-corrected chi connectivity index (χ1v) is 8.73. The minimum Gasteiger partial charge on any atom is -0.485 e. The maximum absolute atomic E-state index is 12.9. The van der Waals surface area contributed by atoms with Gasteiger partial charge in [-0.25, -0.2) is 9.67 Å². The fourth-order valence-electron chi connectivity index (χ4n) is 3.03. The number of hydrogen-bond donors (Lipinski definition) is 0. The van der Waals surface area contributed by atoms with Crippen LogP contribution in [0.15, 0.2) is 61.2 Å². The second-order valence-electron chi connectivity index (χ2n) is 6.42. The molecule has 3 aromatic rings. The van der Waals surface area contributed by atoms with Crippen LogP contribution < -0.4 is 9.47 Å². The summed E-state index contributed by atoms with van der Waals surface area (Å²) in [5.74, 6) is 1.15. The van der Waals surface area contributed by atoms with Gasteiger partial charge in [0.1, 0.15) is 19.3 Å². The molecule has 2 heterocycles. The molecule has 1 amide bonds. The van der Waals surface area contributed by atoms with E-state index < -0.39 is 6.10 Å². The van der Waals surface area contributed by atoms with Crippen LogP contribution in [-0.4, -0.2) is 45.3 Å². The zero-order valence-corrected chi connectivity index (χ0v) is 15.1. The van der Waals surface area contributed by atoms with Gasteiger partial charge in [-0.3, -0.25) is 4.79 Å². The van der Waals surface area contributed by atoms with Crippen molar-refractivity contribution in [2.24, 2.45) is 0 Å². The second kappa shape index (κ2) is 7.11. The van der Waals surface area contributed by atoms with E-state index in [0.29, 0.717) is 11.5 Å². The summed E-state index contributed by atoms with van der Waals surface area (Å²) < 4.78 is 13.2. The lowest BCUT2D eigenvalue weighted by molar-refractivity contribution is -0.141. The van der Waals surface area contributed by atoms with E-state index in [2.05, 4.69) is 10.1 Å². The molecule has 0 radical (unpaired) electrons. The van der Waals surface area contributed by atoms with Gasteiger partial charge >= 0.3 is 0 Å². The monoisotopic (exact) mass is 364 g/mol. The first-order chi connectivity index (χ1) is 13.1. The highest BCUT2D eigenvalue weighted by molar-refractivity contribution is 5.82. The Balaban J connectivity index is 1.46. The molecule has 0 N–H and O–H groups in total. The van der Waals surface area contributed by atoms with E-state index in [1.165, 1.54) is 6.33 Å². The molecular formula is C20H20N4O3. The van der Waals surface area contributed by atoms with Gasteiger partial charge in [-0.05, 0) is 36.8 Å². The molecule has 0 spiro atoms.